The van der Waals surface area contributed by atoms with Gasteiger partial charge in [-0.25, -0.2) is 4.21 Å². The number of fused-ring (bicyclic) bond motifs is 2. The predicted molar refractivity (Wildman–Crippen MR) is 213 cm³/mol. The van der Waals surface area contributed by atoms with Crippen LogP contribution < -0.4 is 20.1 Å². The third kappa shape index (κ3) is 8.83. The molecule has 0 saturated carbocycles. The monoisotopic (exact) mass is 797 g/mol. The summed E-state index contributed by atoms with van der Waals surface area (Å²) in [4.78, 5) is 9.34. The number of pyridine rings is 2. The van der Waals surface area contributed by atoms with E-state index in [2.05, 4.69) is 40.9 Å². The molecule has 7 rings (SSSR count). The van der Waals surface area contributed by atoms with E-state index in [0.29, 0.717) is 32.8 Å². The van der Waals surface area contributed by atoms with Gasteiger partial charge in [-0.05, 0) is 72.8 Å². The lowest BCUT2D eigenvalue weighted by atomic mass is 10.1. The van der Waals surface area contributed by atoms with Crippen molar-refractivity contribution in [1.29, 1.82) is 0 Å². The molecule has 0 aliphatic heterocycles. The molecule has 0 aliphatic rings. The molecule has 2 heterocycles. The van der Waals surface area contributed by atoms with Crippen molar-refractivity contribution in [2.45, 2.75) is 4.90 Å². The topological polar surface area (TPSA) is 138 Å². The summed E-state index contributed by atoms with van der Waals surface area (Å²) in [5, 5.41) is 28.6. The van der Waals surface area contributed by atoms with E-state index >= 15 is 0 Å². The van der Waals surface area contributed by atoms with E-state index in [4.69, 9.17) is 21.1 Å². The fraction of sp³-hybridized carbons (Fsp3) is 0.0769. The van der Waals surface area contributed by atoms with Gasteiger partial charge in [-0.15, -0.1) is 0 Å². The van der Waals surface area contributed by atoms with Crippen LogP contribution in [0.2, 0.25) is 5.02 Å². The average molecular weight is 799 g/mol. The van der Waals surface area contributed by atoms with E-state index in [1.54, 1.807) is 80.4 Å². The van der Waals surface area contributed by atoms with E-state index in [9.17, 15) is 14.4 Å². The summed E-state index contributed by atoms with van der Waals surface area (Å²) in [5.41, 5.74) is 5.31. The van der Waals surface area contributed by atoms with Gasteiger partial charge in [0.2, 0.25) is 0 Å². The number of ether oxygens (including phenoxy) is 2. The minimum absolute atomic E-state index is 0.0876. The Bertz CT molecular complexity index is 2530. The number of anilines is 4. The Morgan fingerprint density at radius 2 is 1.21 bits per heavy atom. The van der Waals surface area contributed by atoms with Gasteiger partial charge < -0.3 is 30.3 Å². The summed E-state index contributed by atoms with van der Waals surface area (Å²) in [7, 11) is 0.447. The van der Waals surface area contributed by atoms with Crippen molar-refractivity contribution >= 4 is 87.5 Å². The second-order valence-corrected chi connectivity index (χ2v) is 15.1. The number of aromatic nitrogens is 2. The lowest BCUT2D eigenvalue weighted by Crippen LogP contribution is -1.97. The molecule has 0 fully saturated rings. The Labute approximate surface area is 314 Å². The summed E-state index contributed by atoms with van der Waals surface area (Å²) >= 11 is 9.41. The number of hydrogen-bond donors (Lipinski definition) is 4. The third-order valence-corrected chi connectivity index (χ3v) is 10.2. The first kappa shape index (κ1) is 36.2. The van der Waals surface area contributed by atoms with Crippen LogP contribution in [0.15, 0.2) is 135 Å². The van der Waals surface area contributed by atoms with E-state index in [-0.39, 0.29) is 11.5 Å². The summed E-state index contributed by atoms with van der Waals surface area (Å²) in [6, 6.07) is 31.9. The van der Waals surface area contributed by atoms with Crippen LogP contribution in [0.1, 0.15) is 0 Å². The average Bonchev–Trinajstić information content (AvgIpc) is 3.12. The fourth-order valence-electron chi connectivity index (χ4n) is 5.33. The second kappa shape index (κ2) is 15.8. The van der Waals surface area contributed by atoms with Gasteiger partial charge in [0, 0.05) is 103 Å². The molecule has 1 unspecified atom stereocenters. The largest absolute Gasteiger partial charge is 0.508 e. The smallest absolute Gasteiger partial charge is 0.124 e. The fourth-order valence-corrected chi connectivity index (χ4v) is 7.08. The summed E-state index contributed by atoms with van der Waals surface area (Å²) in [5.74, 6) is 1.36. The van der Waals surface area contributed by atoms with E-state index in [1.165, 1.54) is 13.2 Å². The van der Waals surface area contributed by atoms with Crippen molar-refractivity contribution in [2.75, 3.05) is 31.1 Å². The Kier molecular flexibility index (Phi) is 11.0. The quantitative estimate of drug-likeness (QED) is 0.118. The van der Waals surface area contributed by atoms with Crippen LogP contribution in [-0.2, 0) is 9.73 Å². The molecule has 13 heteroatoms. The molecular weight excluding hydrogens is 766 g/mol. The lowest BCUT2D eigenvalue weighted by Gasteiger charge is -2.12. The van der Waals surface area contributed by atoms with Crippen molar-refractivity contribution in [3.8, 4) is 23.0 Å². The van der Waals surface area contributed by atoms with Gasteiger partial charge in [-0.3, -0.25) is 9.97 Å². The van der Waals surface area contributed by atoms with Crippen molar-refractivity contribution in [1.82, 2.24) is 9.97 Å². The molecule has 264 valence electrons. The molecule has 1 atom stereocenters. The van der Waals surface area contributed by atoms with Crippen molar-refractivity contribution in [2.24, 2.45) is 4.36 Å². The van der Waals surface area contributed by atoms with Gasteiger partial charge in [0.15, 0.2) is 0 Å². The first-order valence-electron chi connectivity index (χ1n) is 15.7. The van der Waals surface area contributed by atoms with Crippen LogP contribution in [0, 0.1) is 0 Å². The van der Waals surface area contributed by atoms with Crippen LogP contribution in [0.25, 0.3) is 21.8 Å². The van der Waals surface area contributed by atoms with Crippen LogP contribution >= 0.6 is 27.5 Å². The number of hydrogen-bond acceptors (Lipinski definition) is 10. The molecule has 2 aromatic heterocycles. The first-order valence-corrected chi connectivity index (χ1v) is 18.8. The minimum atomic E-state index is -2.66. The van der Waals surface area contributed by atoms with Crippen LogP contribution in [0.4, 0.5) is 28.4 Å². The molecule has 0 bridgehead atoms. The van der Waals surface area contributed by atoms with Crippen LogP contribution in [-0.4, -0.2) is 44.9 Å². The number of halogens is 2. The molecule has 10 nitrogen and oxygen atoms in total. The summed E-state index contributed by atoms with van der Waals surface area (Å²) in [6.07, 6.45) is 5.04. The Morgan fingerprint density at radius 3 is 1.75 bits per heavy atom. The number of nitrogens with zero attached hydrogens (tertiary/aromatic N) is 3. The second-order valence-electron chi connectivity index (χ2n) is 11.5. The Morgan fingerprint density at radius 1 is 0.692 bits per heavy atom. The highest BCUT2D eigenvalue weighted by atomic mass is 79.9. The number of phenols is 2. The maximum atomic E-state index is 13.2. The van der Waals surface area contributed by atoms with Gasteiger partial charge in [-0.1, -0.05) is 27.5 Å². The van der Waals surface area contributed by atoms with Crippen molar-refractivity contribution in [3.63, 3.8) is 0 Å². The van der Waals surface area contributed by atoms with Gasteiger partial charge in [0.1, 0.15) is 23.0 Å². The van der Waals surface area contributed by atoms with Gasteiger partial charge in [0.05, 0.1) is 40.7 Å². The lowest BCUT2D eigenvalue weighted by molar-refractivity contribution is 0.407. The SMILES string of the molecule is COc1cc(O)cc(Nc2ccnc3ccc(Br)cc23)c1.COc1cc(O)cc(Nc2ccnc3ccc(N=S(C)(=O)c4ccc(Cl)cc4)cc23)c1. The molecule has 0 radical (unpaired) electrons. The standard InChI is InChI=1S/C23H20ClN3O3S.C16H13BrN2O2/c1-30-19-12-17(11-18(28)14-19)26-23-9-10-25-22-8-5-16(13-21(22)23)27-31(2,29)20-6-3-15(24)4-7-20;1-21-13-8-11(7-12(20)9-13)19-16-4-5-18-15-3-2-10(17)6-14(15)16/h3-14,28H,1-2H3,(H,25,26);2-9,20H,1H3,(H,18,19). The number of benzene rings is 5. The number of nitrogens with one attached hydrogen (secondary N) is 2. The highest BCUT2D eigenvalue weighted by Crippen LogP contribution is 2.34. The summed E-state index contributed by atoms with van der Waals surface area (Å²) in [6.45, 7) is 0. The maximum absolute atomic E-state index is 13.2. The zero-order chi connectivity index (χ0) is 36.8. The number of methoxy groups -OCH3 is 2. The Balaban J connectivity index is 0.000000192. The van der Waals surface area contributed by atoms with Gasteiger partial charge in [0.25, 0.3) is 0 Å². The third-order valence-electron chi connectivity index (χ3n) is 7.77. The molecule has 5 aromatic carbocycles. The highest BCUT2D eigenvalue weighted by molar-refractivity contribution is 9.10. The van der Waals surface area contributed by atoms with Gasteiger partial charge in [-0.2, -0.15) is 4.36 Å². The maximum Gasteiger partial charge on any atom is 0.124 e. The normalized spacial score (nSPS) is 11.9. The van der Waals surface area contributed by atoms with Crippen molar-refractivity contribution in [3.05, 3.63) is 131 Å². The molecule has 0 saturated heterocycles. The summed E-state index contributed by atoms with van der Waals surface area (Å²) < 4.78 is 29.1. The first-order chi connectivity index (χ1) is 25.0. The molecule has 0 amide bonds. The predicted octanol–water partition coefficient (Wildman–Crippen LogP) is 10.6. The van der Waals surface area contributed by atoms with E-state index in [0.717, 1.165) is 43.3 Å². The molecular formula is C39H33BrClN5O5S. The molecule has 0 spiro atoms. The van der Waals surface area contributed by atoms with Crippen molar-refractivity contribution < 1.29 is 23.9 Å². The van der Waals surface area contributed by atoms with E-state index < -0.39 is 9.73 Å². The Hall–Kier alpha value is -5.56. The molecule has 52 heavy (non-hydrogen) atoms. The highest BCUT2D eigenvalue weighted by Gasteiger charge is 2.10. The van der Waals surface area contributed by atoms with Crippen LogP contribution in [0.5, 0.6) is 23.0 Å². The molecule has 7 aromatic rings. The number of rotatable bonds is 8. The zero-order valence-corrected chi connectivity index (χ0v) is 31.3. The molecule has 4 N–H and O–H groups in total. The van der Waals surface area contributed by atoms with Crippen LogP contribution in [0.3, 0.4) is 0 Å². The zero-order valence-electron chi connectivity index (χ0n) is 28.2. The molecule has 0 aliphatic carbocycles. The number of phenolic OH excluding ortho intramolecular Hbond substituents is 2. The van der Waals surface area contributed by atoms with E-state index in [1.807, 2.05) is 48.5 Å². The number of aromatic hydroxyl groups is 2. The van der Waals surface area contributed by atoms with Gasteiger partial charge >= 0.3 is 0 Å². The minimum Gasteiger partial charge on any atom is -0.508 e.